The first-order chi connectivity index (χ1) is 8.11. The fourth-order valence-electron chi connectivity index (χ4n) is 1.73. The van der Waals surface area contributed by atoms with Crippen molar-refractivity contribution in [3.05, 3.63) is 29.8 Å². The molecule has 0 saturated heterocycles. The van der Waals surface area contributed by atoms with Gasteiger partial charge in [-0.05, 0) is 31.0 Å². The van der Waals surface area contributed by atoms with Crippen LogP contribution in [0.15, 0.2) is 24.3 Å². The number of nitrogen functional groups attached to an aromatic ring is 1. The van der Waals surface area contributed by atoms with Gasteiger partial charge in [-0.25, -0.2) is 0 Å². The zero-order chi connectivity index (χ0) is 12.7. The van der Waals surface area contributed by atoms with Crippen LogP contribution in [-0.2, 0) is 11.2 Å². The monoisotopic (exact) mass is 234 g/mol. The van der Waals surface area contributed by atoms with E-state index in [1.54, 1.807) is 0 Å². The molecular weight excluding hydrogens is 212 g/mol. The van der Waals surface area contributed by atoms with E-state index in [9.17, 15) is 4.79 Å². The molecule has 0 aliphatic carbocycles. The largest absolute Gasteiger partial charge is 0.399 e. The summed E-state index contributed by atoms with van der Waals surface area (Å²) in [6.45, 7) is 4.21. The van der Waals surface area contributed by atoms with Gasteiger partial charge in [0.2, 0.25) is 5.91 Å². The number of carbonyl (C=O) groups is 1. The summed E-state index contributed by atoms with van der Waals surface area (Å²) in [6.07, 6.45) is 3.79. The molecule has 1 aromatic rings. The SMILES string of the molecule is CCCCC(C)NC(=O)Cc1ccc(N)cc1. The van der Waals surface area contributed by atoms with Gasteiger partial charge >= 0.3 is 0 Å². The van der Waals surface area contributed by atoms with E-state index in [0.29, 0.717) is 6.42 Å². The predicted molar refractivity (Wildman–Crippen MR) is 71.7 cm³/mol. The van der Waals surface area contributed by atoms with Crippen molar-refractivity contribution in [1.82, 2.24) is 5.32 Å². The maximum absolute atomic E-state index is 11.7. The summed E-state index contributed by atoms with van der Waals surface area (Å²) in [4.78, 5) is 11.7. The molecule has 0 fully saturated rings. The Labute approximate surface area is 103 Å². The fourth-order valence-corrected chi connectivity index (χ4v) is 1.73. The minimum Gasteiger partial charge on any atom is -0.399 e. The number of nitrogens with one attached hydrogen (secondary N) is 1. The van der Waals surface area contributed by atoms with Crippen LogP contribution < -0.4 is 11.1 Å². The molecule has 1 unspecified atom stereocenters. The number of carbonyl (C=O) groups excluding carboxylic acids is 1. The number of rotatable bonds is 6. The van der Waals surface area contributed by atoms with Crippen LogP contribution in [0.3, 0.4) is 0 Å². The first-order valence-corrected chi connectivity index (χ1v) is 6.25. The van der Waals surface area contributed by atoms with Crippen molar-refractivity contribution in [3.63, 3.8) is 0 Å². The van der Waals surface area contributed by atoms with Gasteiger partial charge in [0.05, 0.1) is 6.42 Å². The maximum atomic E-state index is 11.7. The molecule has 0 radical (unpaired) electrons. The van der Waals surface area contributed by atoms with E-state index in [-0.39, 0.29) is 11.9 Å². The Hall–Kier alpha value is -1.51. The summed E-state index contributed by atoms with van der Waals surface area (Å²) in [5.41, 5.74) is 7.32. The highest BCUT2D eigenvalue weighted by atomic mass is 16.1. The average Bonchev–Trinajstić information content (AvgIpc) is 2.29. The van der Waals surface area contributed by atoms with Crippen molar-refractivity contribution in [2.24, 2.45) is 0 Å². The third-order valence-corrected chi connectivity index (χ3v) is 2.74. The molecule has 0 heterocycles. The van der Waals surface area contributed by atoms with E-state index < -0.39 is 0 Å². The van der Waals surface area contributed by atoms with Crippen molar-refractivity contribution >= 4 is 11.6 Å². The van der Waals surface area contributed by atoms with Crippen molar-refractivity contribution in [1.29, 1.82) is 0 Å². The Bertz CT molecular complexity index is 346. The van der Waals surface area contributed by atoms with Gasteiger partial charge in [-0.15, -0.1) is 0 Å². The third-order valence-electron chi connectivity index (χ3n) is 2.74. The summed E-state index contributed by atoms with van der Waals surface area (Å²) in [7, 11) is 0. The molecule has 94 valence electrons. The molecule has 0 aliphatic rings. The molecule has 0 aliphatic heterocycles. The summed E-state index contributed by atoms with van der Waals surface area (Å²) in [5, 5.41) is 3.01. The van der Waals surface area contributed by atoms with Gasteiger partial charge < -0.3 is 11.1 Å². The van der Waals surface area contributed by atoms with Gasteiger partial charge in [-0.3, -0.25) is 4.79 Å². The average molecular weight is 234 g/mol. The molecule has 1 aromatic carbocycles. The molecule has 3 N–H and O–H groups in total. The second-order valence-electron chi connectivity index (χ2n) is 4.53. The highest BCUT2D eigenvalue weighted by Crippen LogP contribution is 2.06. The maximum Gasteiger partial charge on any atom is 0.224 e. The highest BCUT2D eigenvalue weighted by Gasteiger charge is 2.07. The molecule has 0 saturated carbocycles. The zero-order valence-corrected chi connectivity index (χ0v) is 10.7. The van der Waals surface area contributed by atoms with Gasteiger partial charge in [0.25, 0.3) is 0 Å². The van der Waals surface area contributed by atoms with Crippen LogP contribution in [0.1, 0.15) is 38.7 Å². The Morgan fingerprint density at radius 3 is 2.59 bits per heavy atom. The number of nitrogens with two attached hydrogens (primary N) is 1. The van der Waals surface area contributed by atoms with E-state index in [0.717, 1.165) is 30.5 Å². The van der Waals surface area contributed by atoms with E-state index in [1.807, 2.05) is 24.3 Å². The van der Waals surface area contributed by atoms with Crippen molar-refractivity contribution in [2.45, 2.75) is 45.6 Å². The Morgan fingerprint density at radius 1 is 1.35 bits per heavy atom. The number of hydrogen-bond donors (Lipinski definition) is 2. The smallest absolute Gasteiger partial charge is 0.224 e. The lowest BCUT2D eigenvalue weighted by Crippen LogP contribution is -2.33. The van der Waals surface area contributed by atoms with Crippen LogP contribution in [-0.4, -0.2) is 11.9 Å². The minimum absolute atomic E-state index is 0.0818. The number of benzene rings is 1. The third kappa shape index (κ3) is 5.38. The van der Waals surface area contributed by atoms with Crippen LogP contribution in [0.5, 0.6) is 0 Å². The summed E-state index contributed by atoms with van der Waals surface area (Å²) < 4.78 is 0. The molecule has 1 rings (SSSR count). The summed E-state index contributed by atoms with van der Waals surface area (Å²) in [6, 6.07) is 7.69. The lowest BCUT2D eigenvalue weighted by molar-refractivity contribution is -0.121. The molecule has 1 amide bonds. The first kappa shape index (κ1) is 13.6. The number of hydrogen-bond acceptors (Lipinski definition) is 2. The van der Waals surface area contributed by atoms with Crippen LogP contribution in [0.4, 0.5) is 5.69 Å². The number of amides is 1. The zero-order valence-electron chi connectivity index (χ0n) is 10.7. The molecule has 3 nitrogen and oxygen atoms in total. The molecule has 1 atom stereocenters. The molecular formula is C14H22N2O. The normalized spacial score (nSPS) is 12.1. The van der Waals surface area contributed by atoms with Crippen LogP contribution in [0.25, 0.3) is 0 Å². The number of anilines is 1. The quantitative estimate of drug-likeness (QED) is 0.743. The number of unbranched alkanes of at least 4 members (excludes halogenated alkanes) is 1. The van der Waals surface area contributed by atoms with Crippen LogP contribution in [0.2, 0.25) is 0 Å². The first-order valence-electron chi connectivity index (χ1n) is 6.25. The van der Waals surface area contributed by atoms with E-state index in [4.69, 9.17) is 5.73 Å². The fraction of sp³-hybridized carbons (Fsp3) is 0.500. The molecule has 17 heavy (non-hydrogen) atoms. The van der Waals surface area contributed by atoms with Crippen molar-refractivity contribution < 1.29 is 4.79 Å². The predicted octanol–water partition coefficient (Wildman–Crippen LogP) is 2.51. The lowest BCUT2D eigenvalue weighted by Gasteiger charge is -2.13. The van der Waals surface area contributed by atoms with Crippen LogP contribution in [0, 0.1) is 0 Å². The van der Waals surface area contributed by atoms with E-state index in [2.05, 4.69) is 19.2 Å². The molecule has 0 spiro atoms. The van der Waals surface area contributed by atoms with Crippen molar-refractivity contribution in [2.75, 3.05) is 5.73 Å². The second-order valence-corrected chi connectivity index (χ2v) is 4.53. The van der Waals surface area contributed by atoms with Gasteiger partial charge in [-0.2, -0.15) is 0 Å². The van der Waals surface area contributed by atoms with Crippen LogP contribution >= 0.6 is 0 Å². The van der Waals surface area contributed by atoms with Gasteiger partial charge in [-0.1, -0.05) is 31.9 Å². The standard InChI is InChI=1S/C14H22N2O/c1-3-4-5-11(2)16-14(17)10-12-6-8-13(15)9-7-12/h6-9,11H,3-5,10,15H2,1-2H3,(H,16,17). The highest BCUT2D eigenvalue weighted by molar-refractivity contribution is 5.78. The topological polar surface area (TPSA) is 55.1 Å². The lowest BCUT2D eigenvalue weighted by atomic mass is 10.1. The second kappa shape index (κ2) is 6.94. The Balaban J connectivity index is 2.36. The van der Waals surface area contributed by atoms with E-state index >= 15 is 0 Å². The van der Waals surface area contributed by atoms with E-state index in [1.165, 1.54) is 0 Å². The summed E-state index contributed by atoms with van der Waals surface area (Å²) in [5.74, 6) is 0.0818. The minimum atomic E-state index is 0.0818. The molecule has 0 aromatic heterocycles. The molecule has 0 bridgehead atoms. The Kier molecular flexibility index (Phi) is 5.53. The summed E-state index contributed by atoms with van der Waals surface area (Å²) >= 11 is 0. The Morgan fingerprint density at radius 2 is 2.00 bits per heavy atom. The van der Waals surface area contributed by atoms with Gasteiger partial charge in [0.1, 0.15) is 0 Å². The van der Waals surface area contributed by atoms with Crippen molar-refractivity contribution in [3.8, 4) is 0 Å². The van der Waals surface area contributed by atoms with Gasteiger partial charge in [0.15, 0.2) is 0 Å². The van der Waals surface area contributed by atoms with Gasteiger partial charge in [0, 0.05) is 11.7 Å². The molecule has 3 heteroatoms.